The number of hydrogen-bond donors (Lipinski definition) is 1. The van der Waals surface area contributed by atoms with Crippen LogP contribution in [0.3, 0.4) is 0 Å². The molecule has 3 heteroatoms. The van der Waals surface area contributed by atoms with E-state index < -0.39 is 0 Å². The molecule has 1 aliphatic heterocycles. The third kappa shape index (κ3) is 2.86. The topological polar surface area (TPSA) is 21.3 Å². The molecule has 1 heterocycles. The minimum Gasteiger partial charge on any atom is -0.492 e. The Labute approximate surface area is 95.6 Å². The van der Waals surface area contributed by atoms with Crippen molar-refractivity contribution < 1.29 is 4.74 Å². The highest BCUT2D eigenvalue weighted by Gasteiger charge is 2.15. The lowest BCUT2D eigenvalue weighted by Gasteiger charge is -2.12. The summed E-state index contributed by atoms with van der Waals surface area (Å²) in [4.78, 5) is 0. The molecule has 0 saturated carbocycles. The predicted molar refractivity (Wildman–Crippen MR) is 62.7 cm³/mol. The minimum absolute atomic E-state index is 0.627. The zero-order valence-corrected chi connectivity index (χ0v) is 9.68. The smallest absolute Gasteiger partial charge is 0.137 e. The molecule has 0 aromatic heterocycles. The van der Waals surface area contributed by atoms with Gasteiger partial charge in [0.05, 0.1) is 11.6 Å². The van der Waals surface area contributed by atoms with Crippen LogP contribution in [0.2, 0.25) is 5.02 Å². The van der Waals surface area contributed by atoms with Gasteiger partial charge in [0.2, 0.25) is 0 Å². The van der Waals surface area contributed by atoms with E-state index in [9.17, 15) is 0 Å². The molecule has 82 valence electrons. The molecule has 0 spiro atoms. The average Bonchev–Trinajstić information content (AvgIpc) is 2.69. The molecule has 15 heavy (non-hydrogen) atoms. The van der Waals surface area contributed by atoms with Crippen LogP contribution in [-0.2, 0) is 0 Å². The molecule has 1 aromatic carbocycles. The summed E-state index contributed by atoms with van der Waals surface area (Å²) in [6, 6.07) is 5.90. The molecule has 1 N–H and O–H groups in total. The first kappa shape index (κ1) is 10.8. The highest BCUT2D eigenvalue weighted by Crippen LogP contribution is 2.25. The number of ether oxygens (including phenoxy) is 1. The van der Waals surface area contributed by atoms with Gasteiger partial charge >= 0.3 is 0 Å². The molecular formula is C12H16ClNO. The fourth-order valence-electron chi connectivity index (χ4n) is 1.79. The van der Waals surface area contributed by atoms with Gasteiger partial charge in [-0.15, -0.1) is 0 Å². The molecule has 0 bridgehead atoms. The summed E-state index contributed by atoms with van der Waals surface area (Å²) in [5, 5.41) is 4.03. The van der Waals surface area contributed by atoms with Gasteiger partial charge in [-0.05, 0) is 37.6 Å². The average molecular weight is 226 g/mol. The van der Waals surface area contributed by atoms with Crippen LogP contribution in [0.25, 0.3) is 0 Å². The van der Waals surface area contributed by atoms with Crippen molar-refractivity contribution in [3.8, 4) is 5.75 Å². The van der Waals surface area contributed by atoms with E-state index in [1.165, 1.54) is 6.42 Å². The molecule has 0 radical (unpaired) electrons. The van der Waals surface area contributed by atoms with Gasteiger partial charge in [0.1, 0.15) is 5.75 Å². The van der Waals surface area contributed by atoms with Gasteiger partial charge in [-0.2, -0.15) is 0 Å². The third-order valence-corrected chi connectivity index (χ3v) is 3.02. The Hall–Kier alpha value is -0.730. The summed E-state index contributed by atoms with van der Waals surface area (Å²) < 4.78 is 5.70. The Kier molecular flexibility index (Phi) is 3.49. The number of hydrogen-bond acceptors (Lipinski definition) is 2. The molecule has 1 aromatic rings. The number of halogens is 1. The van der Waals surface area contributed by atoms with E-state index >= 15 is 0 Å². The van der Waals surface area contributed by atoms with Crippen molar-refractivity contribution in [3.63, 3.8) is 0 Å². The van der Waals surface area contributed by atoms with Gasteiger partial charge in [-0.3, -0.25) is 0 Å². The van der Waals surface area contributed by atoms with E-state index in [0.29, 0.717) is 10.9 Å². The van der Waals surface area contributed by atoms with Gasteiger partial charge in [0.15, 0.2) is 0 Å². The Bertz CT molecular complexity index is 334. The van der Waals surface area contributed by atoms with Crippen LogP contribution < -0.4 is 10.1 Å². The molecule has 1 saturated heterocycles. The van der Waals surface area contributed by atoms with E-state index in [1.807, 2.05) is 25.1 Å². The second kappa shape index (κ2) is 4.86. The van der Waals surface area contributed by atoms with E-state index in [0.717, 1.165) is 31.0 Å². The first-order valence-electron chi connectivity index (χ1n) is 5.35. The predicted octanol–water partition coefficient (Wildman–Crippen LogP) is 2.64. The number of rotatable bonds is 3. The van der Waals surface area contributed by atoms with Gasteiger partial charge < -0.3 is 10.1 Å². The molecule has 1 fully saturated rings. The lowest BCUT2D eigenvalue weighted by atomic mass is 10.1. The van der Waals surface area contributed by atoms with Crippen molar-refractivity contribution in [3.05, 3.63) is 28.8 Å². The fourth-order valence-corrected chi connectivity index (χ4v) is 2.08. The van der Waals surface area contributed by atoms with Crippen LogP contribution in [0.15, 0.2) is 18.2 Å². The molecule has 1 aliphatic rings. The third-order valence-electron chi connectivity index (χ3n) is 2.72. The maximum absolute atomic E-state index is 6.07. The normalized spacial score (nSPS) is 20.5. The number of nitrogens with one attached hydrogen (secondary N) is 1. The fraction of sp³-hybridized carbons (Fsp3) is 0.500. The van der Waals surface area contributed by atoms with Crippen LogP contribution in [0.5, 0.6) is 5.75 Å². The van der Waals surface area contributed by atoms with Crippen LogP contribution in [-0.4, -0.2) is 19.7 Å². The first-order chi connectivity index (χ1) is 7.25. The van der Waals surface area contributed by atoms with Crippen molar-refractivity contribution >= 4 is 11.6 Å². The van der Waals surface area contributed by atoms with Gasteiger partial charge in [-0.25, -0.2) is 0 Å². The molecule has 0 aliphatic carbocycles. The van der Waals surface area contributed by atoms with E-state index in [-0.39, 0.29) is 0 Å². The molecule has 1 atom stereocenters. The summed E-state index contributed by atoms with van der Waals surface area (Å²) in [6.07, 6.45) is 1.20. The summed E-state index contributed by atoms with van der Waals surface area (Å²) in [5.41, 5.74) is 1.16. The van der Waals surface area contributed by atoms with Crippen molar-refractivity contribution in [1.29, 1.82) is 0 Å². The van der Waals surface area contributed by atoms with Crippen LogP contribution in [0, 0.1) is 12.8 Å². The molecule has 2 nitrogen and oxygen atoms in total. The highest BCUT2D eigenvalue weighted by molar-refractivity contribution is 6.32. The zero-order chi connectivity index (χ0) is 10.7. The van der Waals surface area contributed by atoms with Crippen LogP contribution in [0.1, 0.15) is 12.0 Å². The monoisotopic (exact) mass is 225 g/mol. The lowest BCUT2D eigenvalue weighted by Crippen LogP contribution is -2.15. The zero-order valence-electron chi connectivity index (χ0n) is 8.92. The standard InChI is InChI=1S/C12H16ClNO/c1-9-2-3-12(11(13)6-9)15-8-10-4-5-14-7-10/h2-3,6,10,14H,4-5,7-8H2,1H3/t10-/m0/s1. The first-order valence-corrected chi connectivity index (χ1v) is 5.73. The maximum atomic E-state index is 6.07. The maximum Gasteiger partial charge on any atom is 0.137 e. The van der Waals surface area contributed by atoms with Crippen molar-refractivity contribution in [2.75, 3.05) is 19.7 Å². The Morgan fingerprint density at radius 3 is 3.07 bits per heavy atom. The van der Waals surface area contributed by atoms with Crippen LogP contribution in [0.4, 0.5) is 0 Å². The number of benzene rings is 1. The molecule has 2 rings (SSSR count). The number of aryl methyl sites for hydroxylation is 1. The van der Waals surface area contributed by atoms with Gasteiger partial charge in [-0.1, -0.05) is 17.7 Å². The minimum atomic E-state index is 0.627. The largest absolute Gasteiger partial charge is 0.492 e. The summed E-state index contributed by atoms with van der Waals surface area (Å²) in [5.74, 6) is 1.43. The molecule has 0 amide bonds. The van der Waals surface area contributed by atoms with Crippen molar-refractivity contribution in [2.45, 2.75) is 13.3 Å². The summed E-state index contributed by atoms with van der Waals surface area (Å²) >= 11 is 6.07. The quantitative estimate of drug-likeness (QED) is 0.854. The molecule has 0 unspecified atom stereocenters. The second-order valence-corrected chi connectivity index (χ2v) is 4.51. The summed E-state index contributed by atoms with van der Waals surface area (Å²) in [6.45, 7) is 4.95. The lowest BCUT2D eigenvalue weighted by molar-refractivity contribution is 0.260. The van der Waals surface area contributed by atoms with Crippen LogP contribution >= 0.6 is 11.6 Å². The van der Waals surface area contributed by atoms with Crippen molar-refractivity contribution in [2.24, 2.45) is 5.92 Å². The van der Waals surface area contributed by atoms with Gasteiger partial charge in [0, 0.05) is 12.5 Å². The van der Waals surface area contributed by atoms with E-state index in [1.54, 1.807) is 0 Å². The Balaban J connectivity index is 1.92. The SMILES string of the molecule is Cc1ccc(OC[C@H]2CCNC2)c(Cl)c1. The Morgan fingerprint density at radius 2 is 2.40 bits per heavy atom. The van der Waals surface area contributed by atoms with E-state index in [2.05, 4.69) is 5.32 Å². The highest BCUT2D eigenvalue weighted by atomic mass is 35.5. The second-order valence-electron chi connectivity index (χ2n) is 4.10. The van der Waals surface area contributed by atoms with Gasteiger partial charge in [0.25, 0.3) is 0 Å². The van der Waals surface area contributed by atoms with Crippen molar-refractivity contribution in [1.82, 2.24) is 5.32 Å². The summed E-state index contributed by atoms with van der Waals surface area (Å²) in [7, 11) is 0. The van der Waals surface area contributed by atoms with E-state index in [4.69, 9.17) is 16.3 Å². The molecular weight excluding hydrogens is 210 g/mol. The Morgan fingerprint density at radius 1 is 1.53 bits per heavy atom.